The molecule has 0 N–H and O–H groups in total. The van der Waals surface area contributed by atoms with Gasteiger partial charge in [0, 0.05) is 32.8 Å². The maximum absolute atomic E-state index is 12.8. The van der Waals surface area contributed by atoms with Crippen molar-refractivity contribution in [3.8, 4) is 0 Å². The van der Waals surface area contributed by atoms with Crippen molar-refractivity contribution in [1.29, 1.82) is 0 Å². The molecule has 0 radical (unpaired) electrons. The summed E-state index contributed by atoms with van der Waals surface area (Å²) in [6.45, 7) is 10.8. The molecule has 2 aliphatic heterocycles. The summed E-state index contributed by atoms with van der Waals surface area (Å²) in [6.07, 6.45) is 1.65. The summed E-state index contributed by atoms with van der Waals surface area (Å²) in [6, 6.07) is 0. The van der Waals surface area contributed by atoms with E-state index < -0.39 is 10.2 Å². The molecule has 2 fully saturated rings. The lowest BCUT2D eigenvalue weighted by molar-refractivity contribution is -0.0464. The fraction of sp³-hybridized carbons (Fsp3) is 1.00. The highest BCUT2D eigenvalue weighted by Gasteiger charge is 2.37. The van der Waals surface area contributed by atoms with E-state index >= 15 is 0 Å². The number of hydrogen-bond donors (Lipinski definition) is 0. The number of morpholine rings is 1. The van der Waals surface area contributed by atoms with Crippen LogP contribution in [0, 0.1) is 5.92 Å². The molecule has 0 aromatic carbocycles. The van der Waals surface area contributed by atoms with Crippen LogP contribution in [0.15, 0.2) is 0 Å². The number of rotatable bonds is 5. The molecule has 22 heavy (non-hydrogen) atoms. The standard InChI is InChI=1S/C15H30N2O4S/c1-12(2)11-20-15-5-7-16(8-6-15)22(18,19)17-9-13(3)21-14(4)10-17/h12-15H,5-11H2,1-4H3/t13-,14-/m0/s1. The van der Waals surface area contributed by atoms with Crippen molar-refractivity contribution in [1.82, 2.24) is 8.61 Å². The van der Waals surface area contributed by atoms with E-state index in [1.165, 1.54) is 0 Å². The lowest BCUT2D eigenvalue weighted by Crippen LogP contribution is -2.54. The van der Waals surface area contributed by atoms with Crippen molar-refractivity contribution in [2.75, 3.05) is 32.8 Å². The summed E-state index contributed by atoms with van der Waals surface area (Å²) in [7, 11) is -3.37. The second kappa shape index (κ2) is 7.57. The van der Waals surface area contributed by atoms with Crippen LogP contribution in [-0.2, 0) is 19.7 Å². The Morgan fingerprint density at radius 3 is 2.14 bits per heavy atom. The minimum absolute atomic E-state index is 0.0505. The summed E-state index contributed by atoms with van der Waals surface area (Å²) in [5.74, 6) is 0.512. The Bertz CT molecular complexity index is 436. The molecule has 0 saturated carbocycles. The zero-order valence-corrected chi connectivity index (χ0v) is 15.0. The molecule has 6 nitrogen and oxygen atoms in total. The van der Waals surface area contributed by atoms with Gasteiger partial charge in [0.1, 0.15) is 0 Å². The van der Waals surface area contributed by atoms with Crippen molar-refractivity contribution in [2.45, 2.75) is 58.8 Å². The fourth-order valence-corrected chi connectivity index (χ4v) is 4.84. The molecular formula is C15H30N2O4S. The molecule has 0 bridgehead atoms. The van der Waals surface area contributed by atoms with Gasteiger partial charge >= 0.3 is 0 Å². The third-order valence-corrected chi connectivity index (χ3v) is 6.07. The van der Waals surface area contributed by atoms with Gasteiger partial charge in [0.15, 0.2) is 0 Å². The Labute approximate surface area is 134 Å². The van der Waals surface area contributed by atoms with Gasteiger partial charge in [0.25, 0.3) is 10.2 Å². The Morgan fingerprint density at radius 2 is 1.64 bits per heavy atom. The lowest BCUT2D eigenvalue weighted by Gasteiger charge is -2.39. The zero-order chi connectivity index (χ0) is 16.3. The van der Waals surface area contributed by atoms with E-state index in [0.717, 1.165) is 19.4 Å². The number of piperidine rings is 1. The van der Waals surface area contributed by atoms with Crippen LogP contribution in [0.2, 0.25) is 0 Å². The first kappa shape index (κ1) is 18.1. The van der Waals surface area contributed by atoms with Crippen LogP contribution in [0.1, 0.15) is 40.5 Å². The third-order valence-electron chi connectivity index (χ3n) is 4.10. The van der Waals surface area contributed by atoms with Gasteiger partial charge in [-0.1, -0.05) is 13.8 Å². The topological polar surface area (TPSA) is 59.1 Å². The van der Waals surface area contributed by atoms with Crippen molar-refractivity contribution in [2.24, 2.45) is 5.92 Å². The molecule has 0 aliphatic carbocycles. The average Bonchev–Trinajstić information content (AvgIpc) is 2.44. The van der Waals surface area contributed by atoms with Gasteiger partial charge in [0.05, 0.1) is 18.3 Å². The van der Waals surface area contributed by atoms with Gasteiger partial charge in [-0.3, -0.25) is 0 Å². The van der Waals surface area contributed by atoms with E-state index in [9.17, 15) is 8.42 Å². The molecule has 0 spiro atoms. The van der Waals surface area contributed by atoms with Gasteiger partial charge < -0.3 is 9.47 Å². The minimum atomic E-state index is -3.37. The van der Waals surface area contributed by atoms with Gasteiger partial charge in [-0.2, -0.15) is 17.0 Å². The Hall–Kier alpha value is -0.210. The van der Waals surface area contributed by atoms with Crippen LogP contribution < -0.4 is 0 Å². The molecule has 0 amide bonds. The van der Waals surface area contributed by atoms with Gasteiger partial charge in [-0.25, -0.2) is 0 Å². The molecule has 130 valence electrons. The van der Waals surface area contributed by atoms with E-state index in [4.69, 9.17) is 9.47 Å². The Morgan fingerprint density at radius 1 is 1.09 bits per heavy atom. The molecule has 2 heterocycles. The molecule has 0 unspecified atom stereocenters. The summed E-state index contributed by atoms with van der Waals surface area (Å²) in [5, 5.41) is 0. The van der Waals surface area contributed by atoms with E-state index in [1.54, 1.807) is 8.61 Å². The van der Waals surface area contributed by atoms with Crippen LogP contribution >= 0.6 is 0 Å². The smallest absolute Gasteiger partial charge is 0.282 e. The number of ether oxygens (including phenoxy) is 2. The second-order valence-corrected chi connectivity index (χ2v) is 8.84. The highest BCUT2D eigenvalue weighted by molar-refractivity contribution is 7.86. The molecular weight excluding hydrogens is 304 g/mol. The first-order chi connectivity index (χ1) is 10.3. The molecule has 0 aromatic rings. The van der Waals surface area contributed by atoms with Crippen LogP contribution in [0.3, 0.4) is 0 Å². The van der Waals surface area contributed by atoms with E-state index in [1.807, 2.05) is 13.8 Å². The van der Waals surface area contributed by atoms with Gasteiger partial charge in [-0.15, -0.1) is 0 Å². The lowest BCUT2D eigenvalue weighted by atomic mass is 10.1. The van der Waals surface area contributed by atoms with Crippen molar-refractivity contribution in [3.05, 3.63) is 0 Å². The zero-order valence-electron chi connectivity index (χ0n) is 14.2. The summed E-state index contributed by atoms with van der Waals surface area (Å²) in [4.78, 5) is 0. The fourth-order valence-electron chi connectivity index (χ4n) is 3.04. The second-order valence-electron chi connectivity index (χ2n) is 6.91. The van der Waals surface area contributed by atoms with Crippen LogP contribution in [-0.4, -0.2) is 68.1 Å². The minimum Gasteiger partial charge on any atom is -0.378 e. The van der Waals surface area contributed by atoms with Crippen molar-refractivity contribution < 1.29 is 17.9 Å². The third kappa shape index (κ3) is 4.64. The molecule has 2 rings (SSSR count). The predicted octanol–water partition coefficient (Wildman–Crippen LogP) is 1.48. The Kier molecular flexibility index (Phi) is 6.24. The Balaban J connectivity index is 1.89. The number of nitrogens with zero attached hydrogens (tertiary/aromatic N) is 2. The summed E-state index contributed by atoms with van der Waals surface area (Å²) >= 11 is 0. The summed E-state index contributed by atoms with van der Waals surface area (Å²) in [5.41, 5.74) is 0. The van der Waals surface area contributed by atoms with Crippen molar-refractivity contribution >= 4 is 10.2 Å². The summed E-state index contributed by atoms with van der Waals surface area (Å²) < 4.78 is 40.2. The molecule has 2 atom stereocenters. The van der Waals surface area contributed by atoms with E-state index in [0.29, 0.717) is 32.1 Å². The first-order valence-electron chi connectivity index (χ1n) is 8.31. The molecule has 7 heteroatoms. The highest BCUT2D eigenvalue weighted by atomic mass is 32.2. The van der Waals surface area contributed by atoms with E-state index in [2.05, 4.69) is 13.8 Å². The van der Waals surface area contributed by atoms with Crippen molar-refractivity contribution in [3.63, 3.8) is 0 Å². The van der Waals surface area contributed by atoms with Gasteiger partial charge in [-0.05, 0) is 32.6 Å². The quantitative estimate of drug-likeness (QED) is 0.764. The largest absolute Gasteiger partial charge is 0.378 e. The SMILES string of the molecule is CC(C)COC1CCN(S(=O)(=O)N2C[C@H](C)O[C@@H](C)C2)CC1. The molecule has 0 aromatic heterocycles. The maximum Gasteiger partial charge on any atom is 0.282 e. The highest BCUT2D eigenvalue weighted by Crippen LogP contribution is 2.22. The molecule has 2 aliphatic rings. The van der Waals surface area contributed by atoms with E-state index in [-0.39, 0.29) is 18.3 Å². The first-order valence-corrected chi connectivity index (χ1v) is 9.71. The van der Waals surface area contributed by atoms with Crippen LogP contribution in [0.4, 0.5) is 0 Å². The normalized spacial score (nSPS) is 30.0. The van der Waals surface area contributed by atoms with Crippen LogP contribution in [0.5, 0.6) is 0 Å². The van der Waals surface area contributed by atoms with Gasteiger partial charge in [0.2, 0.25) is 0 Å². The maximum atomic E-state index is 12.8. The predicted molar refractivity (Wildman–Crippen MR) is 85.9 cm³/mol. The number of hydrogen-bond acceptors (Lipinski definition) is 4. The molecule has 2 saturated heterocycles. The van der Waals surface area contributed by atoms with Crippen LogP contribution in [0.25, 0.3) is 0 Å². The monoisotopic (exact) mass is 334 g/mol. The average molecular weight is 334 g/mol.